The van der Waals surface area contributed by atoms with Crippen LogP contribution in [0.4, 0.5) is 14.9 Å². The molecule has 3 aliphatic heterocycles. The van der Waals surface area contributed by atoms with Crippen LogP contribution in [0.2, 0.25) is 0 Å². The fraction of sp³-hybridized carbons (Fsp3) is 0.435. The molecule has 0 aromatic heterocycles. The highest BCUT2D eigenvalue weighted by atomic mass is 19.1. The van der Waals surface area contributed by atoms with E-state index in [2.05, 4.69) is 29.3 Å². The Morgan fingerprint density at radius 1 is 1.13 bits per heavy atom. The van der Waals surface area contributed by atoms with E-state index < -0.39 is 0 Å². The van der Waals surface area contributed by atoms with Crippen molar-refractivity contribution in [2.75, 3.05) is 44.2 Å². The van der Waals surface area contributed by atoms with Crippen LogP contribution in [0.25, 0.3) is 0 Å². The van der Waals surface area contributed by atoms with E-state index in [1.165, 1.54) is 17.7 Å². The summed E-state index contributed by atoms with van der Waals surface area (Å²) in [5, 5.41) is 3.37. The summed E-state index contributed by atoms with van der Waals surface area (Å²) in [6.07, 6.45) is 0.881. The van der Waals surface area contributed by atoms with Crippen LogP contribution < -0.4 is 15.0 Å². The van der Waals surface area contributed by atoms with Crippen molar-refractivity contribution in [2.24, 2.45) is 0 Å². The van der Waals surface area contributed by atoms with Gasteiger partial charge in [-0.15, -0.1) is 0 Å². The number of urea groups is 1. The molecule has 2 unspecified atom stereocenters. The van der Waals surface area contributed by atoms with E-state index in [-0.39, 0.29) is 24.1 Å². The van der Waals surface area contributed by atoms with Crippen molar-refractivity contribution in [2.45, 2.75) is 25.6 Å². The lowest BCUT2D eigenvalue weighted by atomic mass is 10.0. The van der Waals surface area contributed by atoms with Gasteiger partial charge < -0.3 is 15.0 Å². The first-order valence-corrected chi connectivity index (χ1v) is 10.7. The van der Waals surface area contributed by atoms with Crippen LogP contribution in [-0.4, -0.2) is 61.3 Å². The molecular formula is C23H27FN4O2. The highest BCUT2D eigenvalue weighted by molar-refractivity contribution is 5.95. The Bertz CT molecular complexity index is 929. The molecule has 3 heterocycles. The molecule has 30 heavy (non-hydrogen) atoms. The van der Waals surface area contributed by atoms with Crippen molar-refractivity contribution >= 4 is 11.7 Å². The molecule has 5 rings (SSSR count). The van der Waals surface area contributed by atoms with Crippen molar-refractivity contribution in [1.82, 2.24) is 15.1 Å². The van der Waals surface area contributed by atoms with Gasteiger partial charge in [-0.3, -0.25) is 9.80 Å². The van der Waals surface area contributed by atoms with Crippen molar-refractivity contribution in [3.63, 3.8) is 0 Å². The van der Waals surface area contributed by atoms with Crippen LogP contribution in [-0.2, 0) is 6.42 Å². The number of para-hydroxylation sites is 1. The van der Waals surface area contributed by atoms with Crippen LogP contribution in [0.1, 0.15) is 24.1 Å². The second kappa shape index (κ2) is 7.89. The Kier molecular flexibility index (Phi) is 5.08. The summed E-state index contributed by atoms with van der Waals surface area (Å²) in [5.41, 5.74) is 2.92. The largest absolute Gasteiger partial charge is 0.493 e. The number of piperazine rings is 1. The standard InChI is InChI=1S/C23H27FN4O2/c1-16(26-12-10-25-11-13-26)27-15-21(20-4-2-3-17-9-14-30-22(17)20)28(23(27)29)19-7-5-18(24)6-8-19/h2-8,16,21,25H,9-15H2,1H3. The summed E-state index contributed by atoms with van der Waals surface area (Å²) in [6.45, 7) is 7.02. The molecule has 2 atom stereocenters. The SMILES string of the molecule is CC(N1CCNCC1)N1CC(c2cccc3c2OCC3)N(c2ccc(F)cc2)C1=O. The first-order chi connectivity index (χ1) is 14.6. The highest BCUT2D eigenvalue weighted by Gasteiger charge is 2.44. The monoisotopic (exact) mass is 410 g/mol. The Balaban J connectivity index is 1.52. The number of amides is 2. The predicted molar refractivity (Wildman–Crippen MR) is 113 cm³/mol. The summed E-state index contributed by atoms with van der Waals surface area (Å²) >= 11 is 0. The predicted octanol–water partition coefficient (Wildman–Crippen LogP) is 3.00. The second-order valence-corrected chi connectivity index (χ2v) is 8.15. The Morgan fingerprint density at radius 3 is 2.67 bits per heavy atom. The maximum atomic E-state index is 13.6. The maximum absolute atomic E-state index is 13.6. The van der Waals surface area contributed by atoms with Gasteiger partial charge in [-0.2, -0.15) is 0 Å². The summed E-state index contributed by atoms with van der Waals surface area (Å²) < 4.78 is 19.5. The molecule has 2 fully saturated rings. The van der Waals surface area contributed by atoms with Gasteiger partial charge in [0.2, 0.25) is 0 Å². The maximum Gasteiger partial charge on any atom is 0.326 e. The topological polar surface area (TPSA) is 48.0 Å². The zero-order valence-corrected chi connectivity index (χ0v) is 17.2. The molecule has 0 bridgehead atoms. The molecule has 6 nitrogen and oxygen atoms in total. The molecule has 0 radical (unpaired) electrons. The third-order valence-electron chi connectivity index (χ3n) is 6.47. The van der Waals surface area contributed by atoms with E-state index in [1.807, 2.05) is 11.0 Å². The van der Waals surface area contributed by atoms with Gasteiger partial charge >= 0.3 is 6.03 Å². The molecule has 0 saturated carbocycles. The van der Waals surface area contributed by atoms with E-state index in [1.54, 1.807) is 17.0 Å². The zero-order chi connectivity index (χ0) is 20.7. The molecule has 3 aliphatic rings. The lowest BCUT2D eigenvalue weighted by Crippen LogP contribution is -2.54. The fourth-order valence-electron chi connectivity index (χ4n) is 4.82. The van der Waals surface area contributed by atoms with Gasteiger partial charge in [0.1, 0.15) is 11.6 Å². The lowest BCUT2D eigenvalue weighted by Gasteiger charge is -2.37. The molecule has 2 amide bonds. The van der Waals surface area contributed by atoms with Gasteiger partial charge in [0, 0.05) is 50.4 Å². The van der Waals surface area contributed by atoms with Crippen molar-refractivity contribution in [3.8, 4) is 5.75 Å². The normalized spacial score (nSPS) is 22.9. The van der Waals surface area contributed by atoms with E-state index in [0.717, 1.165) is 43.9 Å². The van der Waals surface area contributed by atoms with Crippen molar-refractivity contribution in [3.05, 3.63) is 59.4 Å². The summed E-state index contributed by atoms with van der Waals surface area (Å²) in [5.74, 6) is 0.594. The minimum Gasteiger partial charge on any atom is -0.493 e. The first-order valence-electron chi connectivity index (χ1n) is 10.7. The lowest BCUT2D eigenvalue weighted by molar-refractivity contribution is 0.0796. The number of ether oxygens (including phenoxy) is 1. The number of halogens is 1. The van der Waals surface area contributed by atoms with Crippen LogP contribution in [0.3, 0.4) is 0 Å². The smallest absolute Gasteiger partial charge is 0.326 e. The quantitative estimate of drug-likeness (QED) is 0.842. The van der Waals surface area contributed by atoms with E-state index >= 15 is 0 Å². The molecule has 2 saturated heterocycles. The summed E-state index contributed by atoms with van der Waals surface area (Å²) in [6, 6.07) is 12.1. The third-order valence-corrected chi connectivity index (χ3v) is 6.47. The molecule has 2 aromatic rings. The molecular weight excluding hydrogens is 383 g/mol. The number of fused-ring (bicyclic) bond motifs is 1. The number of carbonyl (C=O) groups excluding carboxylic acids is 1. The average molecular weight is 410 g/mol. The number of nitrogens with zero attached hydrogens (tertiary/aromatic N) is 3. The van der Waals surface area contributed by atoms with E-state index in [0.29, 0.717) is 18.8 Å². The molecule has 158 valence electrons. The summed E-state index contributed by atoms with van der Waals surface area (Å²) in [7, 11) is 0. The number of anilines is 1. The Labute approximate surface area is 176 Å². The minimum atomic E-state index is -0.308. The molecule has 0 spiro atoms. The highest BCUT2D eigenvalue weighted by Crippen LogP contribution is 2.42. The van der Waals surface area contributed by atoms with Gasteiger partial charge in [0.05, 0.1) is 18.8 Å². The fourth-order valence-corrected chi connectivity index (χ4v) is 4.82. The number of rotatable bonds is 4. The van der Waals surface area contributed by atoms with Gasteiger partial charge in [-0.05, 0) is 36.8 Å². The van der Waals surface area contributed by atoms with E-state index in [9.17, 15) is 9.18 Å². The minimum absolute atomic E-state index is 0.00905. The number of benzene rings is 2. The molecule has 1 N–H and O–H groups in total. The zero-order valence-electron chi connectivity index (χ0n) is 17.2. The van der Waals surface area contributed by atoms with Gasteiger partial charge in [0.25, 0.3) is 0 Å². The second-order valence-electron chi connectivity index (χ2n) is 8.15. The number of carbonyl (C=O) groups is 1. The Morgan fingerprint density at radius 2 is 1.90 bits per heavy atom. The third kappa shape index (κ3) is 3.32. The first kappa shape index (κ1) is 19.3. The summed E-state index contributed by atoms with van der Waals surface area (Å²) in [4.78, 5) is 19.7. The number of hydrogen-bond acceptors (Lipinski definition) is 4. The van der Waals surface area contributed by atoms with Crippen LogP contribution in [0.15, 0.2) is 42.5 Å². The molecule has 2 aromatic carbocycles. The number of hydrogen-bond donors (Lipinski definition) is 1. The number of nitrogens with one attached hydrogen (secondary N) is 1. The van der Waals surface area contributed by atoms with Crippen LogP contribution in [0, 0.1) is 5.82 Å². The Hall–Kier alpha value is -2.64. The van der Waals surface area contributed by atoms with Gasteiger partial charge in [0.15, 0.2) is 0 Å². The van der Waals surface area contributed by atoms with Crippen molar-refractivity contribution < 1.29 is 13.9 Å². The van der Waals surface area contributed by atoms with Gasteiger partial charge in [-0.1, -0.05) is 18.2 Å². The van der Waals surface area contributed by atoms with Crippen LogP contribution in [0.5, 0.6) is 5.75 Å². The average Bonchev–Trinajstić information content (AvgIpc) is 3.39. The molecule has 0 aliphatic carbocycles. The van der Waals surface area contributed by atoms with E-state index in [4.69, 9.17) is 4.74 Å². The molecule has 7 heteroatoms. The van der Waals surface area contributed by atoms with Gasteiger partial charge in [-0.25, -0.2) is 9.18 Å². The van der Waals surface area contributed by atoms with Crippen molar-refractivity contribution in [1.29, 1.82) is 0 Å². The van der Waals surface area contributed by atoms with Crippen LogP contribution >= 0.6 is 0 Å².